The van der Waals surface area contributed by atoms with Crippen molar-refractivity contribution in [1.29, 1.82) is 0 Å². The standard InChI is InChI=1S/C11H16N4O/c16-11(9-3-1-2-4-9)14-5-6-15-10(7-14)12-8-13-15/h8-9H,1-7H2. The summed E-state index contributed by atoms with van der Waals surface area (Å²) in [6, 6.07) is 0. The lowest BCUT2D eigenvalue weighted by molar-refractivity contribution is -0.137. The molecule has 2 aliphatic rings. The van der Waals surface area contributed by atoms with E-state index >= 15 is 0 Å². The van der Waals surface area contributed by atoms with Crippen LogP contribution in [0.15, 0.2) is 6.33 Å². The average Bonchev–Trinajstić information content (AvgIpc) is 2.98. The molecule has 0 aromatic carbocycles. The SMILES string of the molecule is O=C(C1CCCC1)N1CCn2ncnc2C1. The summed E-state index contributed by atoms with van der Waals surface area (Å²) in [5.41, 5.74) is 0. The predicted octanol–water partition coefficient (Wildman–Crippen LogP) is 0.810. The van der Waals surface area contributed by atoms with Crippen LogP contribution in [0.4, 0.5) is 0 Å². The van der Waals surface area contributed by atoms with Crippen LogP contribution in [0.25, 0.3) is 0 Å². The Hall–Kier alpha value is -1.39. The molecule has 0 radical (unpaired) electrons. The predicted molar refractivity (Wildman–Crippen MR) is 57.4 cm³/mol. The summed E-state index contributed by atoms with van der Waals surface area (Å²) in [4.78, 5) is 18.3. The molecule has 0 bridgehead atoms. The van der Waals surface area contributed by atoms with E-state index in [0.717, 1.165) is 31.8 Å². The van der Waals surface area contributed by atoms with Gasteiger partial charge < -0.3 is 4.90 Å². The second kappa shape index (κ2) is 3.88. The van der Waals surface area contributed by atoms with Crippen molar-refractivity contribution in [3.05, 3.63) is 12.2 Å². The number of hydrogen-bond acceptors (Lipinski definition) is 3. The van der Waals surface area contributed by atoms with Crippen LogP contribution in [0.1, 0.15) is 31.5 Å². The molecule has 0 saturated heterocycles. The quantitative estimate of drug-likeness (QED) is 0.703. The van der Waals surface area contributed by atoms with Crippen molar-refractivity contribution in [2.45, 2.75) is 38.8 Å². The molecular formula is C11H16N4O. The summed E-state index contributed by atoms with van der Waals surface area (Å²) < 4.78 is 1.89. The topological polar surface area (TPSA) is 51.0 Å². The second-order valence-electron chi connectivity index (χ2n) is 4.64. The zero-order valence-electron chi connectivity index (χ0n) is 9.30. The van der Waals surface area contributed by atoms with Crippen LogP contribution < -0.4 is 0 Å². The minimum Gasteiger partial charge on any atom is -0.333 e. The Balaban J connectivity index is 1.71. The van der Waals surface area contributed by atoms with Crippen LogP contribution in [0.3, 0.4) is 0 Å². The van der Waals surface area contributed by atoms with Gasteiger partial charge in [-0.2, -0.15) is 5.10 Å². The van der Waals surface area contributed by atoms with E-state index in [1.54, 1.807) is 6.33 Å². The Morgan fingerprint density at radius 2 is 2.12 bits per heavy atom. The van der Waals surface area contributed by atoms with Gasteiger partial charge in [0.1, 0.15) is 12.2 Å². The largest absolute Gasteiger partial charge is 0.333 e. The number of hydrogen-bond donors (Lipinski definition) is 0. The van der Waals surface area contributed by atoms with Crippen LogP contribution >= 0.6 is 0 Å². The molecule has 0 N–H and O–H groups in total. The van der Waals surface area contributed by atoms with E-state index in [0.29, 0.717) is 12.5 Å². The highest BCUT2D eigenvalue weighted by molar-refractivity contribution is 5.79. The Labute approximate surface area is 94.5 Å². The van der Waals surface area contributed by atoms with Gasteiger partial charge in [0.05, 0.1) is 13.1 Å². The maximum absolute atomic E-state index is 12.2. The molecule has 1 aliphatic carbocycles. The number of nitrogens with zero attached hydrogens (tertiary/aromatic N) is 4. The molecule has 0 atom stereocenters. The number of rotatable bonds is 1. The van der Waals surface area contributed by atoms with Gasteiger partial charge in [-0.1, -0.05) is 12.8 Å². The van der Waals surface area contributed by atoms with E-state index < -0.39 is 0 Å². The molecule has 3 rings (SSSR count). The lowest BCUT2D eigenvalue weighted by atomic mass is 10.1. The molecule has 1 fully saturated rings. The van der Waals surface area contributed by atoms with Crippen LogP contribution in [0, 0.1) is 5.92 Å². The molecule has 0 spiro atoms. The zero-order valence-corrected chi connectivity index (χ0v) is 9.30. The van der Waals surface area contributed by atoms with Crippen LogP contribution in [0.2, 0.25) is 0 Å². The molecule has 5 nitrogen and oxygen atoms in total. The number of fused-ring (bicyclic) bond motifs is 1. The van der Waals surface area contributed by atoms with Gasteiger partial charge in [0.25, 0.3) is 0 Å². The Morgan fingerprint density at radius 3 is 2.94 bits per heavy atom. The third-order valence-electron chi connectivity index (χ3n) is 3.63. The van der Waals surface area contributed by atoms with Crippen molar-refractivity contribution < 1.29 is 4.79 Å². The maximum atomic E-state index is 12.2. The van der Waals surface area contributed by atoms with E-state index in [2.05, 4.69) is 10.1 Å². The fourth-order valence-electron chi connectivity index (χ4n) is 2.68. The van der Waals surface area contributed by atoms with E-state index in [1.165, 1.54) is 12.8 Å². The zero-order chi connectivity index (χ0) is 11.0. The summed E-state index contributed by atoms with van der Waals surface area (Å²) in [5, 5.41) is 4.12. The van der Waals surface area contributed by atoms with Gasteiger partial charge in [-0.3, -0.25) is 4.79 Å². The molecule has 1 amide bonds. The molecule has 0 unspecified atom stereocenters. The molecule has 1 saturated carbocycles. The van der Waals surface area contributed by atoms with E-state index in [1.807, 2.05) is 9.58 Å². The summed E-state index contributed by atoms with van der Waals surface area (Å²) in [5.74, 6) is 1.51. The number of amides is 1. The van der Waals surface area contributed by atoms with Gasteiger partial charge in [-0.25, -0.2) is 9.67 Å². The van der Waals surface area contributed by atoms with Crippen molar-refractivity contribution in [1.82, 2.24) is 19.7 Å². The minimum absolute atomic E-state index is 0.273. The average molecular weight is 220 g/mol. The second-order valence-corrected chi connectivity index (χ2v) is 4.64. The first-order valence-electron chi connectivity index (χ1n) is 6.00. The van der Waals surface area contributed by atoms with Gasteiger partial charge in [-0.15, -0.1) is 0 Å². The summed E-state index contributed by atoms with van der Waals surface area (Å²) in [7, 11) is 0. The molecule has 5 heteroatoms. The Kier molecular flexibility index (Phi) is 2.38. The van der Waals surface area contributed by atoms with Crippen molar-refractivity contribution >= 4 is 5.91 Å². The van der Waals surface area contributed by atoms with Crippen molar-refractivity contribution in [3.63, 3.8) is 0 Å². The first-order chi connectivity index (χ1) is 7.84. The molecule has 86 valence electrons. The molecular weight excluding hydrogens is 204 g/mol. The fraction of sp³-hybridized carbons (Fsp3) is 0.727. The first-order valence-corrected chi connectivity index (χ1v) is 6.00. The number of carbonyl (C=O) groups excluding carboxylic acids is 1. The molecule has 1 aromatic heterocycles. The summed E-state index contributed by atoms with van der Waals surface area (Å²) in [6.07, 6.45) is 6.13. The molecule has 2 heterocycles. The smallest absolute Gasteiger partial charge is 0.226 e. The minimum atomic E-state index is 0.273. The van der Waals surface area contributed by atoms with Crippen molar-refractivity contribution in [2.75, 3.05) is 6.54 Å². The molecule has 1 aliphatic heterocycles. The molecule has 16 heavy (non-hydrogen) atoms. The molecule has 1 aromatic rings. The lowest BCUT2D eigenvalue weighted by Gasteiger charge is -2.28. The first kappa shape index (κ1) is 9.81. The highest BCUT2D eigenvalue weighted by Crippen LogP contribution is 2.27. The number of aromatic nitrogens is 3. The summed E-state index contributed by atoms with van der Waals surface area (Å²) in [6.45, 7) is 2.20. The highest BCUT2D eigenvalue weighted by atomic mass is 16.2. The van der Waals surface area contributed by atoms with Crippen LogP contribution in [-0.2, 0) is 17.9 Å². The van der Waals surface area contributed by atoms with Gasteiger partial charge in [0, 0.05) is 12.5 Å². The Morgan fingerprint density at radius 1 is 1.31 bits per heavy atom. The summed E-state index contributed by atoms with van der Waals surface area (Å²) >= 11 is 0. The van der Waals surface area contributed by atoms with Crippen LogP contribution in [0.5, 0.6) is 0 Å². The Bertz CT molecular complexity index is 394. The fourth-order valence-corrected chi connectivity index (χ4v) is 2.68. The monoisotopic (exact) mass is 220 g/mol. The van der Waals surface area contributed by atoms with Gasteiger partial charge in [0.2, 0.25) is 5.91 Å². The maximum Gasteiger partial charge on any atom is 0.226 e. The third-order valence-corrected chi connectivity index (χ3v) is 3.63. The van der Waals surface area contributed by atoms with Crippen LogP contribution in [-0.4, -0.2) is 32.1 Å². The third kappa shape index (κ3) is 1.60. The normalized spacial score (nSPS) is 21.1. The van der Waals surface area contributed by atoms with Crippen molar-refractivity contribution in [2.24, 2.45) is 5.92 Å². The lowest BCUT2D eigenvalue weighted by Crippen LogP contribution is -2.41. The van der Waals surface area contributed by atoms with E-state index in [4.69, 9.17) is 0 Å². The van der Waals surface area contributed by atoms with Gasteiger partial charge in [-0.05, 0) is 12.8 Å². The number of carbonyl (C=O) groups is 1. The van der Waals surface area contributed by atoms with E-state index in [-0.39, 0.29) is 5.92 Å². The van der Waals surface area contributed by atoms with Crippen molar-refractivity contribution in [3.8, 4) is 0 Å². The van der Waals surface area contributed by atoms with Gasteiger partial charge >= 0.3 is 0 Å². The van der Waals surface area contributed by atoms with E-state index in [9.17, 15) is 4.79 Å². The highest BCUT2D eigenvalue weighted by Gasteiger charge is 2.29. The van der Waals surface area contributed by atoms with Gasteiger partial charge in [0.15, 0.2) is 0 Å².